The highest BCUT2D eigenvalue weighted by molar-refractivity contribution is 5.97. The summed E-state index contributed by atoms with van der Waals surface area (Å²) in [6.45, 7) is 4.33. The Balaban J connectivity index is 1.37. The van der Waals surface area contributed by atoms with Gasteiger partial charge in [0, 0.05) is 19.4 Å². The molecule has 2 heterocycles. The molecule has 0 radical (unpaired) electrons. The van der Waals surface area contributed by atoms with Crippen LogP contribution in [0.15, 0.2) is 48.5 Å². The minimum Gasteiger partial charge on any atom is -0.494 e. The summed E-state index contributed by atoms with van der Waals surface area (Å²) in [5.74, 6) is 1.57. The van der Waals surface area contributed by atoms with Crippen LogP contribution >= 0.6 is 0 Å². The van der Waals surface area contributed by atoms with Crippen molar-refractivity contribution in [2.75, 3.05) is 31.2 Å². The highest BCUT2D eigenvalue weighted by Gasteiger charge is 2.31. The van der Waals surface area contributed by atoms with E-state index in [1.54, 1.807) is 4.90 Å². The summed E-state index contributed by atoms with van der Waals surface area (Å²) in [6.07, 6.45) is 2.37. The molecule has 0 saturated carbocycles. The zero-order chi connectivity index (χ0) is 20.9. The summed E-state index contributed by atoms with van der Waals surface area (Å²) >= 11 is 0. The first-order chi connectivity index (χ1) is 14.7. The van der Waals surface area contributed by atoms with Crippen LogP contribution in [-0.4, -0.2) is 43.0 Å². The first-order valence-corrected chi connectivity index (χ1v) is 10.7. The quantitative estimate of drug-likeness (QED) is 0.726. The van der Waals surface area contributed by atoms with Crippen LogP contribution in [0.25, 0.3) is 0 Å². The monoisotopic (exact) mass is 408 g/mol. The fraction of sp³-hybridized carbons (Fsp3) is 0.417. The third-order valence-electron chi connectivity index (χ3n) is 5.73. The molecule has 2 aliphatic rings. The zero-order valence-corrected chi connectivity index (χ0v) is 17.4. The average Bonchev–Trinajstić information content (AvgIpc) is 3.27. The van der Waals surface area contributed by atoms with Crippen molar-refractivity contribution in [2.24, 2.45) is 0 Å². The maximum atomic E-state index is 12.9. The maximum Gasteiger partial charge on any atom is 0.227 e. The fourth-order valence-electron chi connectivity index (χ4n) is 4.29. The van der Waals surface area contributed by atoms with Gasteiger partial charge in [-0.15, -0.1) is 0 Å². The van der Waals surface area contributed by atoms with Gasteiger partial charge < -0.3 is 19.3 Å². The van der Waals surface area contributed by atoms with Crippen molar-refractivity contribution in [1.29, 1.82) is 0 Å². The molecule has 1 fully saturated rings. The summed E-state index contributed by atoms with van der Waals surface area (Å²) in [5, 5.41) is 0. The Morgan fingerprint density at radius 3 is 2.60 bits per heavy atom. The number of hydrogen-bond acceptors (Lipinski definition) is 4. The van der Waals surface area contributed by atoms with Crippen LogP contribution in [0.4, 0.5) is 5.69 Å². The number of para-hydroxylation sites is 2. The molecule has 1 unspecified atom stereocenters. The molecule has 6 heteroatoms. The Bertz CT molecular complexity index is 896. The minimum atomic E-state index is -0.0316. The summed E-state index contributed by atoms with van der Waals surface area (Å²) in [6, 6.07) is 15.6. The lowest BCUT2D eigenvalue weighted by molar-refractivity contribution is -0.134. The van der Waals surface area contributed by atoms with Gasteiger partial charge in [0.25, 0.3) is 0 Å². The first kappa shape index (κ1) is 20.3. The van der Waals surface area contributed by atoms with Crippen LogP contribution in [-0.2, 0) is 9.59 Å². The normalized spacial score (nSPS) is 18.0. The molecule has 0 aliphatic carbocycles. The van der Waals surface area contributed by atoms with Crippen molar-refractivity contribution in [3.05, 3.63) is 54.1 Å². The Hall–Kier alpha value is -3.02. The van der Waals surface area contributed by atoms with Gasteiger partial charge in [0.1, 0.15) is 18.1 Å². The second kappa shape index (κ2) is 9.20. The van der Waals surface area contributed by atoms with Crippen LogP contribution in [0.2, 0.25) is 0 Å². The van der Waals surface area contributed by atoms with Gasteiger partial charge >= 0.3 is 0 Å². The van der Waals surface area contributed by atoms with E-state index in [4.69, 9.17) is 9.47 Å². The highest BCUT2D eigenvalue weighted by Crippen LogP contribution is 2.34. The molecular weight excluding hydrogens is 380 g/mol. The third-order valence-corrected chi connectivity index (χ3v) is 5.73. The summed E-state index contributed by atoms with van der Waals surface area (Å²) in [5.41, 5.74) is 1.91. The molecule has 6 nitrogen and oxygen atoms in total. The number of hydrogen-bond donors (Lipinski definition) is 0. The van der Waals surface area contributed by atoms with Gasteiger partial charge in [-0.1, -0.05) is 24.3 Å². The topological polar surface area (TPSA) is 59.1 Å². The number of anilines is 1. The first-order valence-electron chi connectivity index (χ1n) is 10.7. The van der Waals surface area contributed by atoms with Gasteiger partial charge in [-0.25, -0.2) is 0 Å². The maximum absolute atomic E-state index is 12.9. The molecule has 158 valence electrons. The van der Waals surface area contributed by atoms with E-state index < -0.39 is 0 Å². The lowest BCUT2D eigenvalue weighted by atomic mass is 10.0. The third kappa shape index (κ3) is 4.27. The lowest BCUT2D eigenvalue weighted by Gasteiger charge is -2.30. The molecule has 0 spiro atoms. The van der Waals surface area contributed by atoms with E-state index in [2.05, 4.69) is 0 Å². The van der Waals surface area contributed by atoms with Gasteiger partial charge in [-0.2, -0.15) is 0 Å². The van der Waals surface area contributed by atoms with E-state index in [0.29, 0.717) is 19.8 Å². The molecule has 0 aromatic heterocycles. The summed E-state index contributed by atoms with van der Waals surface area (Å²) in [4.78, 5) is 29.4. The van der Waals surface area contributed by atoms with E-state index in [9.17, 15) is 9.59 Å². The molecule has 0 N–H and O–H groups in total. The molecule has 30 heavy (non-hydrogen) atoms. The number of fused-ring (bicyclic) bond motifs is 1. The van der Waals surface area contributed by atoms with Crippen molar-refractivity contribution in [1.82, 2.24) is 4.90 Å². The lowest BCUT2D eigenvalue weighted by Crippen LogP contribution is -2.39. The number of nitrogens with zero attached hydrogens (tertiary/aromatic N) is 2. The van der Waals surface area contributed by atoms with E-state index in [1.807, 2.05) is 60.4 Å². The van der Waals surface area contributed by atoms with Crippen LogP contribution in [0.3, 0.4) is 0 Å². The second-order valence-electron chi connectivity index (χ2n) is 7.61. The molecule has 2 amide bonds. The predicted octanol–water partition coefficient (Wildman–Crippen LogP) is 3.95. The van der Waals surface area contributed by atoms with E-state index >= 15 is 0 Å². The van der Waals surface area contributed by atoms with Crippen molar-refractivity contribution in [3.8, 4) is 11.5 Å². The predicted molar refractivity (Wildman–Crippen MR) is 115 cm³/mol. The fourth-order valence-corrected chi connectivity index (χ4v) is 4.29. The number of carbonyl (C=O) groups is 2. The average molecular weight is 408 g/mol. The number of benzene rings is 2. The van der Waals surface area contributed by atoms with Crippen LogP contribution in [0, 0.1) is 0 Å². The Kier molecular flexibility index (Phi) is 6.21. The van der Waals surface area contributed by atoms with E-state index in [0.717, 1.165) is 42.1 Å². The van der Waals surface area contributed by atoms with E-state index in [1.165, 1.54) is 0 Å². The van der Waals surface area contributed by atoms with Crippen molar-refractivity contribution >= 4 is 17.5 Å². The highest BCUT2D eigenvalue weighted by atomic mass is 16.5. The van der Waals surface area contributed by atoms with Crippen LogP contribution in [0.5, 0.6) is 11.5 Å². The Morgan fingerprint density at radius 2 is 1.80 bits per heavy atom. The van der Waals surface area contributed by atoms with Gasteiger partial charge in [-0.3, -0.25) is 9.59 Å². The number of ether oxygens (including phenoxy) is 2. The molecule has 1 atom stereocenters. The molecule has 2 aliphatic heterocycles. The molecular formula is C24H28N2O4. The van der Waals surface area contributed by atoms with Gasteiger partial charge in [-0.05, 0) is 49.6 Å². The summed E-state index contributed by atoms with van der Waals surface area (Å²) in [7, 11) is 0. The molecule has 2 aromatic rings. The molecule has 0 bridgehead atoms. The van der Waals surface area contributed by atoms with Gasteiger partial charge in [0.05, 0.1) is 24.9 Å². The van der Waals surface area contributed by atoms with Crippen molar-refractivity contribution in [2.45, 2.75) is 38.6 Å². The van der Waals surface area contributed by atoms with E-state index in [-0.39, 0.29) is 30.7 Å². The standard InChI is InChI=1S/C24H28N2O4/c1-2-29-19-11-9-18(10-12-19)20-7-5-15-25(20)23(27)13-14-24(28)26-16-17-30-22-8-4-3-6-21(22)26/h3-4,6,8-12,20H,2,5,7,13-17H2,1H3. The molecule has 2 aromatic carbocycles. The second-order valence-corrected chi connectivity index (χ2v) is 7.61. The zero-order valence-electron chi connectivity index (χ0n) is 17.4. The van der Waals surface area contributed by atoms with Gasteiger partial charge in [0.15, 0.2) is 0 Å². The number of rotatable bonds is 6. The largest absolute Gasteiger partial charge is 0.494 e. The Labute approximate surface area is 177 Å². The Morgan fingerprint density at radius 1 is 1.03 bits per heavy atom. The number of amides is 2. The SMILES string of the molecule is CCOc1ccc(C2CCCN2C(=O)CCC(=O)N2CCOc3ccccc32)cc1. The van der Waals surface area contributed by atoms with Crippen LogP contribution in [0.1, 0.15) is 44.2 Å². The van der Waals surface area contributed by atoms with Crippen LogP contribution < -0.4 is 14.4 Å². The molecule has 1 saturated heterocycles. The summed E-state index contributed by atoms with van der Waals surface area (Å²) < 4.78 is 11.1. The number of carbonyl (C=O) groups excluding carboxylic acids is 2. The minimum absolute atomic E-state index is 0.0316. The van der Waals surface area contributed by atoms with Crippen molar-refractivity contribution < 1.29 is 19.1 Å². The van der Waals surface area contributed by atoms with Crippen molar-refractivity contribution in [3.63, 3.8) is 0 Å². The smallest absolute Gasteiger partial charge is 0.227 e. The number of likely N-dealkylation sites (tertiary alicyclic amines) is 1. The van der Waals surface area contributed by atoms with Gasteiger partial charge in [0.2, 0.25) is 11.8 Å². The molecule has 4 rings (SSSR count).